The summed E-state index contributed by atoms with van der Waals surface area (Å²) in [5.41, 5.74) is 2.61. The van der Waals surface area contributed by atoms with Gasteiger partial charge in [-0.05, 0) is 43.3 Å². The largest absolute Gasteiger partial charge is 0.323 e. The SMILES string of the molecule is CCNC(C)c1cccc(NC(=O)Nc2ccncc2)c1. The highest BCUT2D eigenvalue weighted by atomic mass is 16.2. The average molecular weight is 284 g/mol. The normalized spacial score (nSPS) is 11.7. The van der Waals surface area contributed by atoms with Crippen molar-refractivity contribution < 1.29 is 4.79 Å². The fourth-order valence-corrected chi connectivity index (χ4v) is 2.04. The summed E-state index contributed by atoms with van der Waals surface area (Å²) in [7, 11) is 0. The molecule has 0 saturated carbocycles. The van der Waals surface area contributed by atoms with Crippen LogP contribution >= 0.6 is 0 Å². The molecule has 3 N–H and O–H groups in total. The molecule has 21 heavy (non-hydrogen) atoms. The molecule has 0 fully saturated rings. The third kappa shape index (κ3) is 4.57. The van der Waals surface area contributed by atoms with Gasteiger partial charge >= 0.3 is 6.03 Å². The molecule has 0 aliphatic carbocycles. The van der Waals surface area contributed by atoms with E-state index in [2.05, 4.69) is 34.8 Å². The standard InChI is InChI=1S/C16H20N4O/c1-3-18-12(2)13-5-4-6-15(11-13)20-16(21)19-14-7-9-17-10-8-14/h4-12,18H,3H2,1-2H3,(H2,17,19,20,21). The molecular weight excluding hydrogens is 264 g/mol. The van der Waals surface area contributed by atoms with E-state index in [1.165, 1.54) is 0 Å². The monoisotopic (exact) mass is 284 g/mol. The van der Waals surface area contributed by atoms with Crippen molar-refractivity contribution in [3.05, 3.63) is 54.4 Å². The second kappa shape index (κ2) is 7.40. The van der Waals surface area contributed by atoms with Gasteiger partial charge < -0.3 is 16.0 Å². The highest BCUT2D eigenvalue weighted by Gasteiger charge is 2.06. The molecule has 1 heterocycles. The van der Waals surface area contributed by atoms with Gasteiger partial charge in [0.05, 0.1) is 0 Å². The van der Waals surface area contributed by atoms with Crippen LogP contribution in [0.1, 0.15) is 25.5 Å². The molecule has 0 saturated heterocycles. The van der Waals surface area contributed by atoms with Crippen LogP contribution < -0.4 is 16.0 Å². The van der Waals surface area contributed by atoms with Gasteiger partial charge in [-0.2, -0.15) is 0 Å². The Hall–Kier alpha value is -2.40. The summed E-state index contributed by atoms with van der Waals surface area (Å²) >= 11 is 0. The summed E-state index contributed by atoms with van der Waals surface area (Å²) in [6, 6.07) is 11.3. The molecule has 1 unspecified atom stereocenters. The maximum Gasteiger partial charge on any atom is 0.323 e. The molecule has 0 radical (unpaired) electrons. The predicted molar refractivity (Wildman–Crippen MR) is 85.4 cm³/mol. The van der Waals surface area contributed by atoms with Crippen LogP contribution in [0.5, 0.6) is 0 Å². The highest BCUT2D eigenvalue weighted by Crippen LogP contribution is 2.17. The number of amides is 2. The van der Waals surface area contributed by atoms with Crippen molar-refractivity contribution in [1.29, 1.82) is 0 Å². The van der Waals surface area contributed by atoms with Crippen molar-refractivity contribution in [3.63, 3.8) is 0 Å². The maximum atomic E-state index is 11.9. The number of nitrogens with one attached hydrogen (secondary N) is 3. The molecule has 0 aliphatic heterocycles. The first kappa shape index (κ1) is 15.0. The number of carbonyl (C=O) groups is 1. The van der Waals surface area contributed by atoms with Gasteiger partial charge in [-0.15, -0.1) is 0 Å². The Morgan fingerprint density at radius 3 is 2.57 bits per heavy atom. The number of hydrogen-bond donors (Lipinski definition) is 3. The van der Waals surface area contributed by atoms with Gasteiger partial charge in [-0.25, -0.2) is 4.79 Å². The number of hydrogen-bond acceptors (Lipinski definition) is 3. The van der Waals surface area contributed by atoms with E-state index >= 15 is 0 Å². The zero-order valence-corrected chi connectivity index (χ0v) is 12.3. The molecule has 110 valence electrons. The molecule has 2 rings (SSSR count). The summed E-state index contributed by atoms with van der Waals surface area (Å²) in [5, 5.41) is 8.93. The third-order valence-corrected chi connectivity index (χ3v) is 3.09. The van der Waals surface area contributed by atoms with E-state index in [0.717, 1.165) is 17.8 Å². The smallest absolute Gasteiger partial charge is 0.310 e. The van der Waals surface area contributed by atoms with E-state index < -0.39 is 0 Å². The van der Waals surface area contributed by atoms with Crippen LogP contribution in [0.15, 0.2) is 48.8 Å². The van der Waals surface area contributed by atoms with Crippen LogP contribution in [0.2, 0.25) is 0 Å². The molecular formula is C16H20N4O. The second-order valence-electron chi connectivity index (χ2n) is 4.72. The van der Waals surface area contributed by atoms with Crippen molar-refractivity contribution in [2.24, 2.45) is 0 Å². The van der Waals surface area contributed by atoms with E-state index in [9.17, 15) is 4.79 Å². The number of rotatable bonds is 5. The lowest BCUT2D eigenvalue weighted by Gasteiger charge is -2.14. The first-order valence-electron chi connectivity index (χ1n) is 7.00. The van der Waals surface area contributed by atoms with Crippen molar-refractivity contribution in [2.75, 3.05) is 17.2 Å². The first-order valence-corrected chi connectivity index (χ1v) is 7.00. The van der Waals surface area contributed by atoms with Crippen molar-refractivity contribution in [1.82, 2.24) is 10.3 Å². The quantitative estimate of drug-likeness (QED) is 0.788. The van der Waals surface area contributed by atoms with E-state index in [1.807, 2.05) is 24.3 Å². The Bertz CT molecular complexity index is 586. The van der Waals surface area contributed by atoms with Gasteiger partial charge in [-0.3, -0.25) is 4.98 Å². The van der Waals surface area contributed by atoms with Gasteiger partial charge in [-0.1, -0.05) is 19.1 Å². The molecule has 1 atom stereocenters. The number of pyridine rings is 1. The van der Waals surface area contributed by atoms with E-state index in [4.69, 9.17) is 0 Å². The zero-order chi connectivity index (χ0) is 15.1. The Morgan fingerprint density at radius 2 is 1.86 bits per heavy atom. The Balaban J connectivity index is 1.99. The number of carbonyl (C=O) groups excluding carboxylic acids is 1. The highest BCUT2D eigenvalue weighted by molar-refractivity contribution is 5.99. The van der Waals surface area contributed by atoms with Crippen LogP contribution in [0.4, 0.5) is 16.2 Å². The summed E-state index contributed by atoms with van der Waals surface area (Å²) in [5.74, 6) is 0. The minimum absolute atomic E-state index is 0.250. The van der Waals surface area contributed by atoms with E-state index in [-0.39, 0.29) is 12.1 Å². The van der Waals surface area contributed by atoms with Gasteiger partial charge in [0.25, 0.3) is 0 Å². The minimum Gasteiger partial charge on any atom is -0.310 e. The van der Waals surface area contributed by atoms with Crippen molar-refractivity contribution in [2.45, 2.75) is 19.9 Å². The number of aromatic nitrogens is 1. The molecule has 1 aromatic carbocycles. The number of urea groups is 1. The van der Waals surface area contributed by atoms with E-state index in [1.54, 1.807) is 24.5 Å². The fourth-order valence-electron chi connectivity index (χ4n) is 2.04. The van der Waals surface area contributed by atoms with Crippen molar-refractivity contribution in [3.8, 4) is 0 Å². The minimum atomic E-state index is -0.269. The van der Waals surface area contributed by atoms with Gasteiger partial charge in [0, 0.05) is 29.8 Å². The Kier molecular flexibility index (Phi) is 5.29. The molecule has 2 aromatic rings. The average Bonchev–Trinajstić information content (AvgIpc) is 2.48. The molecule has 5 heteroatoms. The summed E-state index contributed by atoms with van der Waals surface area (Å²) < 4.78 is 0. The molecule has 1 aromatic heterocycles. The maximum absolute atomic E-state index is 11.9. The summed E-state index contributed by atoms with van der Waals surface area (Å²) in [6.45, 7) is 5.07. The summed E-state index contributed by atoms with van der Waals surface area (Å²) in [6.07, 6.45) is 3.27. The number of benzene rings is 1. The van der Waals surface area contributed by atoms with Crippen LogP contribution in [0.25, 0.3) is 0 Å². The van der Waals surface area contributed by atoms with E-state index in [0.29, 0.717) is 5.69 Å². The Labute approximate surface area is 124 Å². The lowest BCUT2D eigenvalue weighted by molar-refractivity contribution is 0.262. The second-order valence-corrected chi connectivity index (χ2v) is 4.72. The number of nitrogens with zero attached hydrogens (tertiary/aromatic N) is 1. The lowest BCUT2D eigenvalue weighted by atomic mass is 10.1. The van der Waals surface area contributed by atoms with Gasteiger partial charge in [0.2, 0.25) is 0 Å². The summed E-state index contributed by atoms with van der Waals surface area (Å²) in [4.78, 5) is 15.8. The topological polar surface area (TPSA) is 66.0 Å². The molecule has 0 spiro atoms. The Morgan fingerprint density at radius 1 is 1.14 bits per heavy atom. The fraction of sp³-hybridized carbons (Fsp3) is 0.250. The number of anilines is 2. The lowest BCUT2D eigenvalue weighted by Crippen LogP contribution is -2.20. The first-order chi connectivity index (χ1) is 10.2. The zero-order valence-electron chi connectivity index (χ0n) is 12.3. The third-order valence-electron chi connectivity index (χ3n) is 3.09. The molecule has 2 amide bonds. The molecule has 0 aliphatic rings. The van der Waals surface area contributed by atoms with Gasteiger partial charge in [0.1, 0.15) is 0 Å². The van der Waals surface area contributed by atoms with Crippen molar-refractivity contribution >= 4 is 17.4 Å². The van der Waals surface area contributed by atoms with Crippen LogP contribution in [0, 0.1) is 0 Å². The van der Waals surface area contributed by atoms with Crippen LogP contribution in [-0.4, -0.2) is 17.6 Å². The van der Waals surface area contributed by atoms with Gasteiger partial charge in [0.15, 0.2) is 0 Å². The van der Waals surface area contributed by atoms with Crippen LogP contribution in [-0.2, 0) is 0 Å². The van der Waals surface area contributed by atoms with Crippen LogP contribution in [0.3, 0.4) is 0 Å². The molecule has 5 nitrogen and oxygen atoms in total. The predicted octanol–water partition coefficient (Wildman–Crippen LogP) is 3.40. The molecule has 0 bridgehead atoms.